The largest absolute Gasteiger partial charge is 0.491 e. The van der Waals surface area contributed by atoms with Crippen LogP contribution in [0.5, 0.6) is 5.75 Å². The Hall–Kier alpha value is -1.27. The maximum Gasteiger partial charge on any atom is 0.242 e. The van der Waals surface area contributed by atoms with Crippen LogP contribution in [0.2, 0.25) is 10.0 Å². The Labute approximate surface area is 133 Å². The minimum absolute atomic E-state index is 0.0458. The first-order valence-corrected chi connectivity index (χ1v) is 8.36. The first-order valence-electron chi connectivity index (χ1n) is 6.12. The van der Waals surface area contributed by atoms with E-state index in [4.69, 9.17) is 27.9 Å². The normalized spacial score (nSPS) is 11.3. The molecule has 0 unspecified atom stereocenters. The molecule has 2 aromatic carbocycles. The van der Waals surface area contributed by atoms with Gasteiger partial charge < -0.3 is 4.74 Å². The van der Waals surface area contributed by atoms with Crippen molar-refractivity contribution in [1.29, 1.82) is 0 Å². The first-order chi connectivity index (χ1) is 10.0. The summed E-state index contributed by atoms with van der Waals surface area (Å²) in [6.07, 6.45) is 0. The number of rotatable bonds is 6. The molecule has 4 nitrogen and oxygen atoms in total. The Morgan fingerprint density at radius 1 is 0.952 bits per heavy atom. The second kappa shape index (κ2) is 7.13. The van der Waals surface area contributed by atoms with Crippen molar-refractivity contribution in [3.63, 3.8) is 0 Å². The quantitative estimate of drug-likeness (QED) is 0.816. The molecular formula is C14H13Cl2NO3S. The molecule has 112 valence electrons. The molecule has 0 aliphatic carbocycles. The van der Waals surface area contributed by atoms with Crippen LogP contribution in [0.1, 0.15) is 0 Å². The third kappa shape index (κ3) is 4.35. The smallest absolute Gasteiger partial charge is 0.242 e. The van der Waals surface area contributed by atoms with Gasteiger partial charge in [-0.3, -0.25) is 0 Å². The summed E-state index contributed by atoms with van der Waals surface area (Å²) in [6, 6.07) is 13.2. The topological polar surface area (TPSA) is 55.4 Å². The van der Waals surface area contributed by atoms with Gasteiger partial charge in [0.2, 0.25) is 10.0 Å². The van der Waals surface area contributed by atoms with Gasteiger partial charge in [-0.25, -0.2) is 13.1 Å². The Morgan fingerprint density at radius 2 is 1.57 bits per heavy atom. The highest BCUT2D eigenvalue weighted by atomic mass is 35.5. The average molecular weight is 346 g/mol. The summed E-state index contributed by atoms with van der Waals surface area (Å²) in [7, 11) is -3.65. The van der Waals surface area contributed by atoms with Crippen molar-refractivity contribution in [2.75, 3.05) is 13.2 Å². The number of hydrogen-bond donors (Lipinski definition) is 1. The Balaban J connectivity index is 1.92. The molecule has 21 heavy (non-hydrogen) atoms. The highest BCUT2D eigenvalue weighted by Gasteiger charge is 2.16. The summed E-state index contributed by atoms with van der Waals surface area (Å²) < 4.78 is 31.9. The van der Waals surface area contributed by atoms with Gasteiger partial charge in [-0.05, 0) is 24.3 Å². The van der Waals surface area contributed by atoms with Crippen LogP contribution in [0.15, 0.2) is 53.4 Å². The fourth-order valence-corrected chi connectivity index (χ4v) is 3.36. The van der Waals surface area contributed by atoms with E-state index in [1.165, 1.54) is 12.1 Å². The molecule has 1 N–H and O–H groups in total. The second-order valence-electron chi connectivity index (χ2n) is 4.11. The van der Waals surface area contributed by atoms with E-state index in [2.05, 4.69) is 4.72 Å². The lowest BCUT2D eigenvalue weighted by atomic mass is 10.3. The van der Waals surface area contributed by atoms with E-state index in [0.29, 0.717) is 10.8 Å². The number of ether oxygens (including phenoxy) is 1. The van der Waals surface area contributed by atoms with Crippen molar-refractivity contribution in [2.24, 2.45) is 0 Å². The zero-order chi connectivity index (χ0) is 15.3. The molecular weight excluding hydrogens is 333 g/mol. The van der Waals surface area contributed by atoms with Crippen LogP contribution in [-0.4, -0.2) is 21.6 Å². The van der Waals surface area contributed by atoms with Gasteiger partial charge >= 0.3 is 0 Å². The van der Waals surface area contributed by atoms with Crippen LogP contribution in [0.3, 0.4) is 0 Å². The predicted molar refractivity (Wildman–Crippen MR) is 83.6 cm³/mol. The molecule has 0 saturated carbocycles. The molecule has 2 aromatic rings. The first kappa shape index (κ1) is 16.1. The number of sulfonamides is 1. The monoisotopic (exact) mass is 345 g/mol. The molecule has 0 spiro atoms. The van der Waals surface area contributed by atoms with E-state index in [1.807, 2.05) is 0 Å². The van der Waals surface area contributed by atoms with E-state index >= 15 is 0 Å². The number of benzene rings is 2. The summed E-state index contributed by atoms with van der Waals surface area (Å²) in [5.41, 5.74) is 0. The molecule has 0 fully saturated rings. The van der Waals surface area contributed by atoms with Gasteiger partial charge in [-0.2, -0.15) is 0 Å². The average Bonchev–Trinajstić information content (AvgIpc) is 2.45. The highest BCUT2D eigenvalue weighted by molar-refractivity contribution is 7.89. The van der Waals surface area contributed by atoms with Crippen LogP contribution in [-0.2, 0) is 10.0 Å². The lowest BCUT2D eigenvalue weighted by Crippen LogP contribution is -2.28. The van der Waals surface area contributed by atoms with Crippen LogP contribution >= 0.6 is 23.2 Å². The minimum Gasteiger partial charge on any atom is -0.491 e. The van der Waals surface area contributed by atoms with E-state index in [1.54, 1.807) is 36.4 Å². The van der Waals surface area contributed by atoms with Gasteiger partial charge in [0.25, 0.3) is 0 Å². The minimum atomic E-state index is -3.65. The summed E-state index contributed by atoms with van der Waals surface area (Å²) in [4.78, 5) is 0.0458. The lowest BCUT2D eigenvalue weighted by Gasteiger charge is -2.10. The number of hydrogen-bond acceptors (Lipinski definition) is 3. The molecule has 0 amide bonds. The molecule has 0 aliphatic heterocycles. The van der Waals surface area contributed by atoms with Crippen molar-refractivity contribution in [3.8, 4) is 5.75 Å². The van der Waals surface area contributed by atoms with Crippen molar-refractivity contribution in [3.05, 3.63) is 58.6 Å². The van der Waals surface area contributed by atoms with Gasteiger partial charge in [-0.15, -0.1) is 0 Å². The number of para-hydroxylation sites is 1. The zero-order valence-corrected chi connectivity index (χ0v) is 13.3. The van der Waals surface area contributed by atoms with Crippen LogP contribution in [0.4, 0.5) is 0 Å². The maximum absolute atomic E-state index is 12.1. The van der Waals surface area contributed by atoms with Gasteiger partial charge in [0.1, 0.15) is 17.3 Å². The van der Waals surface area contributed by atoms with Gasteiger partial charge in [0.15, 0.2) is 0 Å². The fraction of sp³-hybridized carbons (Fsp3) is 0.143. The maximum atomic E-state index is 12.1. The van der Waals surface area contributed by atoms with E-state index in [9.17, 15) is 8.42 Å². The highest BCUT2D eigenvalue weighted by Crippen LogP contribution is 2.23. The molecule has 0 aromatic heterocycles. The predicted octanol–water partition coefficient (Wildman–Crippen LogP) is 3.35. The standard InChI is InChI=1S/C14H13Cl2NO3S/c15-11-5-1-3-7-13(11)20-10-9-17-21(18,19)14-8-4-2-6-12(14)16/h1-8,17H,9-10H2. The van der Waals surface area contributed by atoms with Gasteiger partial charge in [-0.1, -0.05) is 47.5 Å². The SMILES string of the molecule is O=S(=O)(NCCOc1ccccc1Cl)c1ccccc1Cl. The molecule has 0 bridgehead atoms. The molecule has 0 heterocycles. The number of halogens is 2. The molecule has 0 saturated heterocycles. The molecule has 7 heteroatoms. The summed E-state index contributed by atoms with van der Waals surface area (Å²) in [6.45, 7) is 0.270. The fourth-order valence-electron chi connectivity index (χ4n) is 1.64. The van der Waals surface area contributed by atoms with Gasteiger partial charge in [0.05, 0.1) is 10.0 Å². The summed E-state index contributed by atoms with van der Waals surface area (Å²) in [5, 5.41) is 0.656. The van der Waals surface area contributed by atoms with Crippen LogP contribution in [0.25, 0.3) is 0 Å². The number of nitrogens with one attached hydrogen (secondary N) is 1. The summed E-state index contributed by atoms with van der Waals surface area (Å²) >= 11 is 11.8. The Bertz CT molecular complexity index is 720. The second-order valence-corrected chi connectivity index (χ2v) is 6.66. The van der Waals surface area contributed by atoms with E-state index in [0.717, 1.165) is 0 Å². The molecule has 2 rings (SSSR count). The van der Waals surface area contributed by atoms with Crippen molar-refractivity contribution < 1.29 is 13.2 Å². The molecule has 0 aliphatic rings. The lowest BCUT2D eigenvalue weighted by molar-refractivity contribution is 0.323. The van der Waals surface area contributed by atoms with Crippen molar-refractivity contribution in [1.82, 2.24) is 4.72 Å². The van der Waals surface area contributed by atoms with E-state index in [-0.39, 0.29) is 23.1 Å². The molecule has 0 atom stereocenters. The van der Waals surface area contributed by atoms with Crippen LogP contribution < -0.4 is 9.46 Å². The van der Waals surface area contributed by atoms with Crippen molar-refractivity contribution >= 4 is 33.2 Å². The van der Waals surface area contributed by atoms with Crippen LogP contribution in [0, 0.1) is 0 Å². The van der Waals surface area contributed by atoms with E-state index < -0.39 is 10.0 Å². The summed E-state index contributed by atoms with van der Waals surface area (Å²) in [5.74, 6) is 0.510. The third-order valence-electron chi connectivity index (χ3n) is 2.61. The van der Waals surface area contributed by atoms with Gasteiger partial charge in [0, 0.05) is 6.54 Å². The Kier molecular flexibility index (Phi) is 5.47. The van der Waals surface area contributed by atoms with Crippen molar-refractivity contribution in [2.45, 2.75) is 4.90 Å². The zero-order valence-electron chi connectivity index (χ0n) is 10.9. The third-order valence-corrected chi connectivity index (χ3v) is 4.89. The molecule has 0 radical (unpaired) electrons. The Morgan fingerprint density at radius 3 is 2.24 bits per heavy atom.